The molecule has 4 nitrogen and oxygen atoms in total. The Balaban J connectivity index is 2.28. The Kier molecular flexibility index (Phi) is 3.84. The standard InChI is InChI=1S/C14H12F2N2O2/c1-18-14(19)8-2-4-13(11(17)6-8)20-12-5-3-9(15)7-10(12)16/h2-7H,17H2,1H3,(H,18,19). The summed E-state index contributed by atoms with van der Waals surface area (Å²) in [6.45, 7) is 0. The smallest absolute Gasteiger partial charge is 0.251 e. The number of hydrogen-bond donors (Lipinski definition) is 2. The number of amides is 1. The number of nitrogens with two attached hydrogens (primary N) is 1. The number of carbonyl (C=O) groups is 1. The molecular formula is C14H12F2N2O2. The predicted octanol–water partition coefficient (Wildman–Crippen LogP) is 2.70. The monoisotopic (exact) mass is 278 g/mol. The molecule has 20 heavy (non-hydrogen) atoms. The Labute approximate surface area is 114 Å². The molecular weight excluding hydrogens is 266 g/mol. The van der Waals surface area contributed by atoms with Crippen LogP contribution in [0.1, 0.15) is 10.4 Å². The maximum Gasteiger partial charge on any atom is 0.251 e. The highest BCUT2D eigenvalue weighted by Gasteiger charge is 2.11. The average Bonchev–Trinajstić information content (AvgIpc) is 2.42. The van der Waals surface area contributed by atoms with Gasteiger partial charge in [0.05, 0.1) is 5.69 Å². The molecule has 2 aromatic rings. The highest BCUT2D eigenvalue weighted by atomic mass is 19.1. The number of ether oxygens (including phenoxy) is 1. The van der Waals surface area contributed by atoms with Crippen molar-refractivity contribution in [3.05, 3.63) is 53.6 Å². The first-order valence-corrected chi connectivity index (χ1v) is 5.76. The van der Waals surface area contributed by atoms with E-state index >= 15 is 0 Å². The van der Waals surface area contributed by atoms with E-state index in [1.807, 2.05) is 0 Å². The van der Waals surface area contributed by atoms with Crippen molar-refractivity contribution in [3.63, 3.8) is 0 Å². The Morgan fingerprint density at radius 3 is 2.45 bits per heavy atom. The molecule has 0 atom stereocenters. The van der Waals surface area contributed by atoms with E-state index in [1.54, 1.807) is 0 Å². The average molecular weight is 278 g/mol. The molecule has 1 amide bonds. The molecule has 0 spiro atoms. The van der Waals surface area contributed by atoms with Crippen LogP contribution in [-0.4, -0.2) is 13.0 Å². The summed E-state index contributed by atoms with van der Waals surface area (Å²) in [5.41, 5.74) is 6.27. The quantitative estimate of drug-likeness (QED) is 0.848. The van der Waals surface area contributed by atoms with E-state index in [4.69, 9.17) is 10.5 Å². The van der Waals surface area contributed by atoms with Gasteiger partial charge in [-0.05, 0) is 30.3 Å². The van der Waals surface area contributed by atoms with E-state index in [-0.39, 0.29) is 23.1 Å². The molecule has 0 aliphatic heterocycles. The Hall–Kier alpha value is -2.63. The first kappa shape index (κ1) is 13.8. The fourth-order valence-electron chi connectivity index (χ4n) is 1.60. The van der Waals surface area contributed by atoms with Crippen LogP contribution < -0.4 is 15.8 Å². The molecule has 0 radical (unpaired) electrons. The van der Waals surface area contributed by atoms with E-state index < -0.39 is 11.6 Å². The number of hydrogen-bond acceptors (Lipinski definition) is 3. The number of carbonyl (C=O) groups excluding carboxylic acids is 1. The molecule has 3 N–H and O–H groups in total. The van der Waals surface area contributed by atoms with Gasteiger partial charge in [-0.1, -0.05) is 0 Å². The maximum atomic E-state index is 13.5. The second-order valence-electron chi connectivity index (χ2n) is 4.01. The van der Waals surface area contributed by atoms with Crippen molar-refractivity contribution in [1.29, 1.82) is 0 Å². The van der Waals surface area contributed by atoms with Crippen molar-refractivity contribution in [2.45, 2.75) is 0 Å². The fraction of sp³-hybridized carbons (Fsp3) is 0.0714. The Morgan fingerprint density at radius 2 is 1.85 bits per heavy atom. The van der Waals surface area contributed by atoms with Gasteiger partial charge in [0.2, 0.25) is 0 Å². The van der Waals surface area contributed by atoms with Gasteiger partial charge in [0.1, 0.15) is 5.82 Å². The van der Waals surface area contributed by atoms with E-state index in [0.717, 1.165) is 12.1 Å². The fourth-order valence-corrected chi connectivity index (χ4v) is 1.60. The van der Waals surface area contributed by atoms with Crippen molar-refractivity contribution in [2.75, 3.05) is 12.8 Å². The number of benzene rings is 2. The molecule has 0 saturated carbocycles. The van der Waals surface area contributed by atoms with Crippen LogP contribution in [0.2, 0.25) is 0 Å². The molecule has 0 heterocycles. The number of anilines is 1. The van der Waals surface area contributed by atoms with Crippen molar-refractivity contribution < 1.29 is 18.3 Å². The van der Waals surface area contributed by atoms with Crippen LogP contribution in [0, 0.1) is 11.6 Å². The van der Waals surface area contributed by atoms with Crippen LogP contribution in [0.25, 0.3) is 0 Å². The van der Waals surface area contributed by atoms with Gasteiger partial charge in [0, 0.05) is 18.7 Å². The largest absolute Gasteiger partial charge is 0.452 e. The molecule has 0 fully saturated rings. The molecule has 0 aliphatic rings. The zero-order valence-corrected chi connectivity index (χ0v) is 10.6. The minimum Gasteiger partial charge on any atom is -0.452 e. The van der Waals surface area contributed by atoms with Gasteiger partial charge < -0.3 is 15.8 Å². The predicted molar refractivity (Wildman–Crippen MR) is 70.7 cm³/mol. The third kappa shape index (κ3) is 2.85. The number of nitrogens with one attached hydrogen (secondary N) is 1. The summed E-state index contributed by atoms with van der Waals surface area (Å²) >= 11 is 0. The van der Waals surface area contributed by atoms with Gasteiger partial charge >= 0.3 is 0 Å². The zero-order chi connectivity index (χ0) is 14.7. The van der Waals surface area contributed by atoms with Crippen LogP contribution in [-0.2, 0) is 0 Å². The van der Waals surface area contributed by atoms with Crippen LogP contribution in [0.4, 0.5) is 14.5 Å². The van der Waals surface area contributed by atoms with E-state index in [0.29, 0.717) is 11.6 Å². The number of nitrogen functional groups attached to an aromatic ring is 1. The molecule has 6 heteroatoms. The van der Waals surface area contributed by atoms with Crippen LogP contribution in [0.3, 0.4) is 0 Å². The lowest BCUT2D eigenvalue weighted by atomic mass is 10.2. The van der Waals surface area contributed by atoms with Crippen molar-refractivity contribution in [3.8, 4) is 11.5 Å². The van der Waals surface area contributed by atoms with Crippen molar-refractivity contribution in [1.82, 2.24) is 5.32 Å². The Morgan fingerprint density at radius 1 is 1.15 bits per heavy atom. The molecule has 104 valence electrons. The molecule has 0 unspecified atom stereocenters. The normalized spacial score (nSPS) is 10.2. The van der Waals surface area contributed by atoms with Crippen LogP contribution in [0.5, 0.6) is 11.5 Å². The third-order valence-electron chi connectivity index (χ3n) is 2.61. The van der Waals surface area contributed by atoms with Crippen LogP contribution >= 0.6 is 0 Å². The van der Waals surface area contributed by atoms with E-state index in [2.05, 4.69) is 5.32 Å². The second kappa shape index (κ2) is 5.56. The SMILES string of the molecule is CNC(=O)c1ccc(Oc2ccc(F)cc2F)c(N)c1. The zero-order valence-electron chi connectivity index (χ0n) is 10.6. The van der Waals surface area contributed by atoms with Gasteiger partial charge in [-0.3, -0.25) is 4.79 Å². The molecule has 2 rings (SSSR count). The summed E-state index contributed by atoms with van der Waals surface area (Å²) in [6, 6.07) is 7.30. The van der Waals surface area contributed by atoms with Crippen molar-refractivity contribution in [2.24, 2.45) is 0 Å². The van der Waals surface area contributed by atoms with E-state index in [1.165, 1.54) is 25.2 Å². The molecule has 0 aliphatic carbocycles. The van der Waals surface area contributed by atoms with Gasteiger partial charge in [0.15, 0.2) is 17.3 Å². The minimum absolute atomic E-state index is 0.147. The van der Waals surface area contributed by atoms with Gasteiger partial charge in [-0.15, -0.1) is 0 Å². The summed E-state index contributed by atoms with van der Waals surface area (Å²) in [6.07, 6.45) is 0. The van der Waals surface area contributed by atoms with Crippen molar-refractivity contribution >= 4 is 11.6 Å². The summed E-state index contributed by atoms with van der Waals surface area (Å²) in [5.74, 6) is -1.79. The first-order chi connectivity index (χ1) is 9.51. The topological polar surface area (TPSA) is 64.3 Å². The molecule has 0 bridgehead atoms. The summed E-state index contributed by atoms with van der Waals surface area (Å²) < 4.78 is 31.5. The molecule has 0 saturated heterocycles. The maximum absolute atomic E-state index is 13.5. The second-order valence-corrected chi connectivity index (χ2v) is 4.01. The summed E-state index contributed by atoms with van der Waals surface area (Å²) in [5, 5.41) is 2.46. The summed E-state index contributed by atoms with van der Waals surface area (Å²) in [7, 11) is 1.50. The number of rotatable bonds is 3. The lowest BCUT2D eigenvalue weighted by molar-refractivity contribution is 0.0963. The number of halogens is 2. The minimum atomic E-state index is -0.834. The van der Waals surface area contributed by atoms with Gasteiger partial charge in [0.25, 0.3) is 5.91 Å². The van der Waals surface area contributed by atoms with Crippen LogP contribution in [0.15, 0.2) is 36.4 Å². The third-order valence-corrected chi connectivity index (χ3v) is 2.61. The van der Waals surface area contributed by atoms with Gasteiger partial charge in [-0.25, -0.2) is 8.78 Å². The Bertz CT molecular complexity index is 660. The summed E-state index contributed by atoms with van der Waals surface area (Å²) in [4.78, 5) is 11.4. The molecule has 0 aromatic heterocycles. The van der Waals surface area contributed by atoms with E-state index in [9.17, 15) is 13.6 Å². The molecule has 2 aromatic carbocycles. The highest BCUT2D eigenvalue weighted by molar-refractivity contribution is 5.95. The van der Waals surface area contributed by atoms with Gasteiger partial charge in [-0.2, -0.15) is 0 Å². The highest BCUT2D eigenvalue weighted by Crippen LogP contribution is 2.30. The first-order valence-electron chi connectivity index (χ1n) is 5.76. The lowest BCUT2D eigenvalue weighted by Gasteiger charge is -2.10. The lowest BCUT2D eigenvalue weighted by Crippen LogP contribution is -2.17.